The molecule has 5 nitrogen and oxygen atoms in total. The van der Waals surface area contributed by atoms with Crippen molar-refractivity contribution in [2.45, 2.75) is 31.8 Å². The van der Waals surface area contributed by atoms with Crippen LogP contribution in [0.1, 0.15) is 36.7 Å². The molecule has 21 heavy (non-hydrogen) atoms. The van der Waals surface area contributed by atoms with Crippen molar-refractivity contribution in [2.24, 2.45) is 0 Å². The van der Waals surface area contributed by atoms with Crippen LogP contribution >= 0.6 is 11.3 Å². The number of aromatic nitrogens is 4. The zero-order valence-corrected chi connectivity index (χ0v) is 12.5. The predicted octanol–water partition coefficient (Wildman–Crippen LogP) is 2.91. The molecular weight excluding hydrogens is 282 g/mol. The quantitative estimate of drug-likeness (QED) is 0.746. The second-order valence-electron chi connectivity index (χ2n) is 5.45. The summed E-state index contributed by atoms with van der Waals surface area (Å²) in [6, 6.07) is 2.50. The molecule has 3 aromatic heterocycles. The Balaban J connectivity index is 1.63. The van der Waals surface area contributed by atoms with Gasteiger partial charge in [0.1, 0.15) is 0 Å². The molecule has 1 fully saturated rings. The highest BCUT2D eigenvalue weighted by atomic mass is 32.1. The highest BCUT2D eigenvalue weighted by Crippen LogP contribution is 2.31. The number of nitrogens with zero attached hydrogens (tertiary/aromatic N) is 5. The molecule has 1 saturated heterocycles. The molecule has 1 aliphatic heterocycles. The maximum absolute atomic E-state index is 4.73. The first-order valence-electron chi connectivity index (χ1n) is 7.31. The van der Waals surface area contributed by atoms with Gasteiger partial charge in [0.15, 0.2) is 0 Å². The number of hydrogen-bond donors (Lipinski definition) is 0. The monoisotopic (exact) mass is 299 g/mol. The van der Waals surface area contributed by atoms with Gasteiger partial charge < -0.3 is 0 Å². The average Bonchev–Trinajstić information content (AvgIpc) is 3.18. The Kier molecular flexibility index (Phi) is 3.40. The van der Waals surface area contributed by atoms with E-state index in [2.05, 4.69) is 32.5 Å². The van der Waals surface area contributed by atoms with Gasteiger partial charge >= 0.3 is 0 Å². The number of likely N-dealkylation sites (tertiary alicyclic amines) is 1. The van der Waals surface area contributed by atoms with E-state index in [4.69, 9.17) is 4.98 Å². The molecule has 1 atom stereocenters. The SMILES string of the molecule is c1cn2ccc(C3CCCCN3Cc3cscn3)nc2n1. The molecule has 6 heteroatoms. The third-order valence-corrected chi connectivity index (χ3v) is 4.72. The van der Waals surface area contributed by atoms with Gasteiger partial charge in [-0.3, -0.25) is 9.30 Å². The third-order valence-electron chi connectivity index (χ3n) is 4.09. The Morgan fingerprint density at radius 1 is 1.24 bits per heavy atom. The molecule has 0 radical (unpaired) electrons. The molecule has 0 spiro atoms. The van der Waals surface area contributed by atoms with Crippen LogP contribution in [0.3, 0.4) is 0 Å². The van der Waals surface area contributed by atoms with Gasteiger partial charge in [-0.25, -0.2) is 15.0 Å². The smallest absolute Gasteiger partial charge is 0.233 e. The van der Waals surface area contributed by atoms with Crippen molar-refractivity contribution in [3.05, 3.63) is 46.9 Å². The summed E-state index contributed by atoms with van der Waals surface area (Å²) >= 11 is 1.66. The fourth-order valence-corrected chi connectivity index (χ4v) is 3.59. The summed E-state index contributed by atoms with van der Waals surface area (Å²) < 4.78 is 1.96. The van der Waals surface area contributed by atoms with Crippen molar-refractivity contribution in [2.75, 3.05) is 6.54 Å². The highest BCUT2D eigenvalue weighted by molar-refractivity contribution is 7.07. The van der Waals surface area contributed by atoms with Crippen LogP contribution in [-0.2, 0) is 6.54 Å². The molecule has 108 valence electrons. The lowest BCUT2D eigenvalue weighted by molar-refractivity contribution is 0.136. The lowest BCUT2D eigenvalue weighted by Crippen LogP contribution is -2.33. The first-order valence-corrected chi connectivity index (χ1v) is 8.25. The number of thiazole rings is 1. The molecule has 4 rings (SSSR count). The van der Waals surface area contributed by atoms with Crippen molar-refractivity contribution < 1.29 is 0 Å². The summed E-state index contributed by atoms with van der Waals surface area (Å²) in [5, 5.41) is 2.14. The van der Waals surface area contributed by atoms with E-state index >= 15 is 0 Å². The fourth-order valence-electron chi connectivity index (χ4n) is 3.04. The molecule has 0 aliphatic carbocycles. The maximum atomic E-state index is 4.73. The van der Waals surface area contributed by atoms with Crippen LogP contribution in [0.5, 0.6) is 0 Å². The molecule has 0 bridgehead atoms. The van der Waals surface area contributed by atoms with E-state index in [9.17, 15) is 0 Å². The van der Waals surface area contributed by atoms with E-state index in [1.165, 1.54) is 12.8 Å². The van der Waals surface area contributed by atoms with Gasteiger partial charge in [-0.1, -0.05) is 6.42 Å². The number of fused-ring (bicyclic) bond motifs is 1. The molecule has 0 saturated carbocycles. The van der Waals surface area contributed by atoms with Crippen LogP contribution in [0.25, 0.3) is 5.78 Å². The Hall–Kier alpha value is -1.79. The van der Waals surface area contributed by atoms with E-state index in [1.807, 2.05) is 16.1 Å². The summed E-state index contributed by atoms with van der Waals surface area (Å²) in [7, 11) is 0. The third kappa shape index (κ3) is 2.56. The van der Waals surface area contributed by atoms with Gasteiger partial charge in [-0.05, 0) is 25.5 Å². The summed E-state index contributed by atoms with van der Waals surface area (Å²) in [5.74, 6) is 0.784. The second-order valence-corrected chi connectivity index (χ2v) is 6.17. The van der Waals surface area contributed by atoms with Crippen LogP contribution in [0.2, 0.25) is 0 Å². The van der Waals surface area contributed by atoms with E-state index < -0.39 is 0 Å². The normalized spacial score (nSPS) is 20.1. The molecule has 3 aromatic rings. The Morgan fingerprint density at radius 2 is 2.24 bits per heavy atom. The van der Waals surface area contributed by atoms with Crippen LogP contribution < -0.4 is 0 Å². The van der Waals surface area contributed by atoms with Crippen LogP contribution in [0.4, 0.5) is 0 Å². The number of piperidine rings is 1. The number of imidazole rings is 1. The van der Waals surface area contributed by atoms with Gasteiger partial charge in [-0.2, -0.15) is 0 Å². The van der Waals surface area contributed by atoms with Gasteiger partial charge in [0.05, 0.1) is 22.9 Å². The van der Waals surface area contributed by atoms with Crippen molar-refractivity contribution >= 4 is 17.1 Å². The van der Waals surface area contributed by atoms with E-state index in [-0.39, 0.29) is 0 Å². The lowest BCUT2D eigenvalue weighted by Gasteiger charge is -2.34. The topological polar surface area (TPSA) is 46.3 Å². The van der Waals surface area contributed by atoms with Crippen molar-refractivity contribution in [1.82, 2.24) is 24.3 Å². The maximum Gasteiger partial charge on any atom is 0.233 e. The van der Waals surface area contributed by atoms with E-state index in [1.54, 1.807) is 17.5 Å². The number of rotatable bonds is 3. The molecule has 0 aromatic carbocycles. The molecule has 1 aliphatic rings. The van der Waals surface area contributed by atoms with Crippen LogP contribution in [-0.4, -0.2) is 30.8 Å². The zero-order chi connectivity index (χ0) is 14.1. The van der Waals surface area contributed by atoms with Gasteiger partial charge in [0, 0.05) is 30.5 Å². The van der Waals surface area contributed by atoms with E-state index in [0.29, 0.717) is 6.04 Å². The molecule has 0 N–H and O–H groups in total. The van der Waals surface area contributed by atoms with Crippen molar-refractivity contribution in [1.29, 1.82) is 0 Å². The first kappa shape index (κ1) is 12.9. The van der Waals surface area contributed by atoms with Crippen molar-refractivity contribution in [3.63, 3.8) is 0 Å². The lowest BCUT2D eigenvalue weighted by atomic mass is 9.99. The molecule has 0 amide bonds. The zero-order valence-electron chi connectivity index (χ0n) is 11.7. The molecule has 1 unspecified atom stereocenters. The molecule has 4 heterocycles. The standard InChI is InChI=1S/C15H17N5S/c1-2-6-20(9-12-10-21-11-17-12)14(3-1)13-4-7-19-8-5-16-15(19)18-13/h4-5,7-8,10-11,14H,1-3,6,9H2. The molecular formula is C15H17N5S. The fraction of sp³-hybridized carbons (Fsp3) is 0.400. The Morgan fingerprint density at radius 3 is 3.14 bits per heavy atom. The van der Waals surface area contributed by atoms with Crippen LogP contribution in [0, 0.1) is 0 Å². The van der Waals surface area contributed by atoms with Gasteiger partial charge in [-0.15, -0.1) is 11.3 Å². The minimum absolute atomic E-state index is 0.377. The second kappa shape index (κ2) is 5.54. The van der Waals surface area contributed by atoms with Crippen LogP contribution in [0.15, 0.2) is 35.5 Å². The Bertz CT molecular complexity index is 721. The van der Waals surface area contributed by atoms with Crippen molar-refractivity contribution in [3.8, 4) is 0 Å². The highest BCUT2D eigenvalue weighted by Gasteiger charge is 2.25. The number of hydrogen-bond acceptors (Lipinski definition) is 5. The van der Waals surface area contributed by atoms with Gasteiger partial charge in [0.25, 0.3) is 0 Å². The minimum Gasteiger partial charge on any atom is -0.291 e. The first-order chi connectivity index (χ1) is 10.4. The summed E-state index contributed by atoms with van der Waals surface area (Å²) in [5.41, 5.74) is 4.20. The summed E-state index contributed by atoms with van der Waals surface area (Å²) in [4.78, 5) is 15.9. The summed E-state index contributed by atoms with van der Waals surface area (Å²) in [6.07, 6.45) is 9.46. The summed E-state index contributed by atoms with van der Waals surface area (Å²) in [6.45, 7) is 2.03. The van der Waals surface area contributed by atoms with Gasteiger partial charge in [0.2, 0.25) is 5.78 Å². The van der Waals surface area contributed by atoms with E-state index in [0.717, 1.165) is 36.7 Å². The minimum atomic E-state index is 0.377. The Labute approximate surface area is 127 Å². The largest absolute Gasteiger partial charge is 0.291 e. The average molecular weight is 299 g/mol. The predicted molar refractivity (Wildman–Crippen MR) is 82.1 cm³/mol.